The van der Waals surface area contributed by atoms with E-state index < -0.39 is 21.7 Å². The van der Waals surface area contributed by atoms with Crippen molar-refractivity contribution >= 4 is 43.3 Å². The quantitative estimate of drug-likeness (QED) is 0.365. The Kier molecular flexibility index (Phi) is 7.47. The van der Waals surface area contributed by atoms with Crippen LogP contribution in [0.5, 0.6) is 5.75 Å². The number of aromatic nitrogens is 1. The minimum absolute atomic E-state index is 0.145. The maximum Gasteiger partial charge on any atom is 0.325 e. The Morgan fingerprint density at radius 3 is 2.62 bits per heavy atom. The molecule has 170 valence electrons. The molecular weight excluding hydrogens is 452 g/mol. The fraction of sp³-hybridized carbons (Fsp3) is 0.318. The lowest BCUT2D eigenvalue weighted by Gasteiger charge is -2.06. The summed E-state index contributed by atoms with van der Waals surface area (Å²) in [5.74, 6) is -0.437. The summed E-state index contributed by atoms with van der Waals surface area (Å²) >= 11 is 1.12. The highest BCUT2D eigenvalue weighted by molar-refractivity contribution is 7.90. The zero-order chi connectivity index (χ0) is 23.3. The van der Waals surface area contributed by atoms with Crippen LogP contribution in [0.4, 0.5) is 0 Å². The van der Waals surface area contributed by atoms with Gasteiger partial charge < -0.3 is 14.0 Å². The zero-order valence-corrected chi connectivity index (χ0v) is 19.7. The van der Waals surface area contributed by atoms with E-state index in [1.54, 1.807) is 30.3 Å². The van der Waals surface area contributed by atoms with Crippen molar-refractivity contribution in [1.29, 1.82) is 0 Å². The smallest absolute Gasteiger partial charge is 0.325 e. The summed E-state index contributed by atoms with van der Waals surface area (Å²) in [6.07, 6.45) is 3.03. The summed E-state index contributed by atoms with van der Waals surface area (Å²) in [5, 5.41) is 0. The number of thiazole rings is 1. The summed E-state index contributed by atoms with van der Waals surface area (Å²) in [6.45, 7) is 2.46. The van der Waals surface area contributed by atoms with Crippen molar-refractivity contribution in [2.75, 3.05) is 20.0 Å². The van der Waals surface area contributed by atoms with Crippen LogP contribution in [0.3, 0.4) is 0 Å². The van der Waals surface area contributed by atoms with Gasteiger partial charge in [0.2, 0.25) is 0 Å². The van der Waals surface area contributed by atoms with Crippen molar-refractivity contribution in [3.63, 3.8) is 0 Å². The Balaban J connectivity index is 2.05. The normalized spacial score (nSPS) is 12.2. The summed E-state index contributed by atoms with van der Waals surface area (Å²) in [6, 6.07) is 11.3. The number of carbonyl (C=O) groups is 2. The van der Waals surface area contributed by atoms with Gasteiger partial charge in [-0.2, -0.15) is 4.99 Å². The van der Waals surface area contributed by atoms with Gasteiger partial charge in [0.15, 0.2) is 14.6 Å². The molecule has 0 atom stereocenters. The van der Waals surface area contributed by atoms with Gasteiger partial charge in [-0.05, 0) is 42.8 Å². The number of sulfone groups is 1. The van der Waals surface area contributed by atoms with Crippen molar-refractivity contribution in [2.24, 2.45) is 4.99 Å². The minimum Gasteiger partial charge on any atom is -0.494 e. The lowest BCUT2D eigenvalue weighted by molar-refractivity contribution is -0.141. The maximum absolute atomic E-state index is 12.9. The van der Waals surface area contributed by atoms with Gasteiger partial charge in [0.05, 0.1) is 28.8 Å². The number of nitrogens with zero attached hydrogens (tertiary/aromatic N) is 2. The molecule has 0 bridgehead atoms. The molecule has 3 aromatic rings. The van der Waals surface area contributed by atoms with E-state index in [1.165, 1.54) is 23.8 Å². The molecule has 3 rings (SSSR count). The third-order valence-corrected chi connectivity index (χ3v) is 6.79. The fourth-order valence-corrected chi connectivity index (χ4v) is 4.71. The Morgan fingerprint density at radius 1 is 1.16 bits per heavy atom. The molecule has 0 N–H and O–H groups in total. The molecule has 8 nitrogen and oxygen atoms in total. The highest BCUT2D eigenvalue weighted by Crippen LogP contribution is 2.22. The number of fused-ring (bicyclic) bond motifs is 1. The lowest BCUT2D eigenvalue weighted by atomic mass is 10.2. The SMILES string of the molecule is CCCCOc1cccc(C(=O)N=c2sc3cc(S(C)(=O)=O)ccc3n2CC(=O)OC)c1. The largest absolute Gasteiger partial charge is 0.494 e. The molecular formula is C22H24N2O6S2. The third kappa shape index (κ3) is 5.63. The van der Waals surface area contributed by atoms with E-state index >= 15 is 0 Å². The van der Waals surface area contributed by atoms with Gasteiger partial charge in [0, 0.05) is 11.8 Å². The molecule has 1 amide bonds. The van der Waals surface area contributed by atoms with E-state index in [-0.39, 0.29) is 16.2 Å². The Hall–Kier alpha value is -2.98. The molecule has 0 aliphatic carbocycles. The molecule has 0 saturated heterocycles. The van der Waals surface area contributed by atoms with Crippen LogP contribution in [0.2, 0.25) is 0 Å². The minimum atomic E-state index is -3.41. The number of carbonyl (C=O) groups excluding carboxylic acids is 2. The maximum atomic E-state index is 12.9. The van der Waals surface area contributed by atoms with Gasteiger partial charge in [-0.3, -0.25) is 9.59 Å². The second-order valence-electron chi connectivity index (χ2n) is 7.10. The second kappa shape index (κ2) is 10.1. The van der Waals surface area contributed by atoms with E-state index in [1.807, 2.05) is 0 Å². The first-order chi connectivity index (χ1) is 15.2. The highest BCUT2D eigenvalue weighted by atomic mass is 32.2. The Bertz CT molecular complexity index is 1320. The third-order valence-electron chi connectivity index (χ3n) is 4.64. The van der Waals surface area contributed by atoms with Crippen molar-refractivity contribution < 1.29 is 27.5 Å². The van der Waals surface area contributed by atoms with Crippen LogP contribution in [-0.4, -0.2) is 44.8 Å². The average molecular weight is 477 g/mol. The van der Waals surface area contributed by atoms with Crippen LogP contribution in [0, 0.1) is 0 Å². The predicted molar refractivity (Wildman–Crippen MR) is 122 cm³/mol. The summed E-state index contributed by atoms with van der Waals surface area (Å²) in [5.41, 5.74) is 0.925. The van der Waals surface area contributed by atoms with Crippen LogP contribution in [-0.2, 0) is 25.9 Å². The van der Waals surface area contributed by atoms with Gasteiger partial charge in [0.1, 0.15) is 12.3 Å². The molecule has 10 heteroatoms. The fourth-order valence-electron chi connectivity index (χ4n) is 2.92. The molecule has 0 saturated carbocycles. The van der Waals surface area contributed by atoms with Crippen LogP contribution in [0.25, 0.3) is 10.2 Å². The van der Waals surface area contributed by atoms with Gasteiger partial charge >= 0.3 is 5.97 Å². The topological polar surface area (TPSA) is 104 Å². The molecule has 0 radical (unpaired) electrons. The van der Waals surface area contributed by atoms with E-state index in [0.29, 0.717) is 28.1 Å². The molecule has 0 unspecified atom stereocenters. The molecule has 2 aromatic carbocycles. The van der Waals surface area contributed by atoms with Crippen molar-refractivity contribution in [2.45, 2.75) is 31.2 Å². The molecule has 1 heterocycles. The Morgan fingerprint density at radius 2 is 1.94 bits per heavy atom. The van der Waals surface area contributed by atoms with Gasteiger partial charge in [-0.1, -0.05) is 30.7 Å². The van der Waals surface area contributed by atoms with E-state index in [9.17, 15) is 18.0 Å². The van der Waals surface area contributed by atoms with Crippen molar-refractivity contribution in [3.8, 4) is 5.75 Å². The number of esters is 1. The molecule has 0 aliphatic heterocycles. The monoisotopic (exact) mass is 476 g/mol. The molecule has 1 aromatic heterocycles. The van der Waals surface area contributed by atoms with Crippen molar-refractivity contribution in [3.05, 3.63) is 52.8 Å². The van der Waals surface area contributed by atoms with Crippen LogP contribution in [0.1, 0.15) is 30.1 Å². The second-order valence-corrected chi connectivity index (χ2v) is 10.1. The number of ether oxygens (including phenoxy) is 2. The van der Waals surface area contributed by atoms with Gasteiger partial charge in [-0.25, -0.2) is 8.42 Å². The van der Waals surface area contributed by atoms with E-state index in [2.05, 4.69) is 11.9 Å². The molecule has 32 heavy (non-hydrogen) atoms. The number of unbranched alkanes of at least 4 members (excludes halogenated alkanes) is 1. The summed E-state index contributed by atoms with van der Waals surface area (Å²) in [4.78, 5) is 29.4. The number of hydrogen-bond acceptors (Lipinski definition) is 7. The highest BCUT2D eigenvalue weighted by Gasteiger charge is 2.15. The Labute approximate surface area is 190 Å². The van der Waals surface area contributed by atoms with Gasteiger partial charge in [-0.15, -0.1) is 0 Å². The van der Waals surface area contributed by atoms with Crippen LogP contribution >= 0.6 is 11.3 Å². The predicted octanol–water partition coefficient (Wildman–Crippen LogP) is 3.20. The number of benzene rings is 2. The zero-order valence-electron chi connectivity index (χ0n) is 18.0. The number of rotatable bonds is 8. The van der Waals surface area contributed by atoms with Gasteiger partial charge in [0.25, 0.3) is 5.91 Å². The van der Waals surface area contributed by atoms with E-state index in [0.717, 1.165) is 30.4 Å². The first kappa shape index (κ1) is 23.7. The molecule has 0 spiro atoms. The summed E-state index contributed by atoms with van der Waals surface area (Å²) < 4.78 is 36.4. The van der Waals surface area contributed by atoms with Crippen molar-refractivity contribution in [1.82, 2.24) is 4.57 Å². The van der Waals surface area contributed by atoms with Crippen LogP contribution in [0.15, 0.2) is 52.4 Å². The summed E-state index contributed by atoms with van der Waals surface area (Å²) in [7, 11) is -2.14. The molecule has 0 aliphatic rings. The average Bonchev–Trinajstić information content (AvgIpc) is 3.09. The molecule has 0 fully saturated rings. The first-order valence-electron chi connectivity index (χ1n) is 9.95. The lowest BCUT2D eigenvalue weighted by Crippen LogP contribution is -2.22. The van der Waals surface area contributed by atoms with E-state index in [4.69, 9.17) is 9.47 Å². The standard InChI is InChI=1S/C22H24N2O6S2/c1-4-5-11-30-16-8-6-7-15(12-16)21(26)23-22-24(14-20(25)29-2)18-10-9-17(32(3,27)28)13-19(18)31-22/h6-10,12-13H,4-5,11,14H2,1-3H3. The number of hydrogen-bond donors (Lipinski definition) is 0. The first-order valence-corrected chi connectivity index (χ1v) is 12.7. The number of methoxy groups -OCH3 is 1. The van der Waals surface area contributed by atoms with Crippen LogP contribution < -0.4 is 9.54 Å². The number of amides is 1.